The first kappa shape index (κ1) is 19.1. The lowest BCUT2D eigenvalue weighted by molar-refractivity contribution is 0.0683. The van der Waals surface area contributed by atoms with Gasteiger partial charge in [-0.05, 0) is 60.1 Å². The second-order valence-electron chi connectivity index (χ2n) is 6.40. The molecule has 1 aromatic heterocycles. The molecule has 0 aliphatic heterocycles. The standard InChI is InChI=1S/C20H20BrN3O3/c1-12(2)24(20(26)15-10-13(27-3)8-9-16(15)21)11-18-22-17-7-5-4-6-14(17)19(25)23-18/h4-10,12H,11H2,1-3H3,(H,22,23,25). The molecule has 140 valence electrons. The van der Waals surface area contributed by atoms with Gasteiger partial charge in [0.15, 0.2) is 0 Å². The summed E-state index contributed by atoms with van der Waals surface area (Å²) in [6.45, 7) is 4.04. The monoisotopic (exact) mass is 429 g/mol. The maximum absolute atomic E-state index is 13.1. The molecular formula is C20H20BrN3O3. The first-order chi connectivity index (χ1) is 12.9. The van der Waals surface area contributed by atoms with Crippen molar-refractivity contribution in [1.29, 1.82) is 0 Å². The highest BCUT2D eigenvalue weighted by atomic mass is 79.9. The third-order valence-electron chi connectivity index (χ3n) is 4.27. The molecule has 0 spiro atoms. The number of carbonyl (C=O) groups excluding carboxylic acids is 1. The van der Waals surface area contributed by atoms with Crippen molar-refractivity contribution in [2.75, 3.05) is 7.11 Å². The van der Waals surface area contributed by atoms with Gasteiger partial charge >= 0.3 is 0 Å². The average molecular weight is 430 g/mol. The number of fused-ring (bicyclic) bond motifs is 1. The van der Waals surface area contributed by atoms with E-state index in [1.807, 2.05) is 19.9 Å². The maximum Gasteiger partial charge on any atom is 0.258 e. The van der Waals surface area contributed by atoms with E-state index in [2.05, 4.69) is 25.9 Å². The molecule has 2 aromatic carbocycles. The highest BCUT2D eigenvalue weighted by molar-refractivity contribution is 9.10. The molecule has 0 fully saturated rings. The van der Waals surface area contributed by atoms with E-state index in [-0.39, 0.29) is 24.1 Å². The summed E-state index contributed by atoms with van der Waals surface area (Å²) < 4.78 is 5.91. The van der Waals surface area contributed by atoms with Crippen LogP contribution in [0.3, 0.4) is 0 Å². The summed E-state index contributed by atoms with van der Waals surface area (Å²) in [5.74, 6) is 0.869. The van der Waals surface area contributed by atoms with Gasteiger partial charge in [-0.1, -0.05) is 12.1 Å². The molecule has 1 amide bonds. The fraction of sp³-hybridized carbons (Fsp3) is 0.250. The summed E-state index contributed by atoms with van der Waals surface area (Å²) in [4.78, 5) is 34.4. The number of amides is 1. The summed E-state index contributed by atoms with van der Waals surface area (Å²) >= 11 is 3.43. The van der Waals surface area contributed by atoms with Crippen LogP contribution in [-0.4, -0.2) is 33.9 Å². The van der Waals surface area contributed by atoms with E-state index in [0.29, 0.717) is 32.5 Å². The SMILES string of the molecule is COc1ccc(Br)c(C(=O)N(Cc2nc3ccccc3c(=O)[nH]2)C(C)C)c1. The minimum Gasteiger partial charge on any atom is -0.497 e. The molecule has 0 saturated carbocycles. The van der Waals surface area contributed by atoms with Crippen LogP contribution in [0.15, 0.2) is 51.7 Å². The van der Waals surface area contributed by atoms with Crippen LogP contribution in [0.2, 0.25) is 0 Å². The Balaban J connectivity index is 1.97. The number of hydrogen-bond acceptors (Lipinski definition) is 4. The van der Waals surface area contributed by atoms with Gasteiger partial charge in [-0.2, -0.15) is 0 Å². The number of rotatable bonds is 5. The number of para-hydroxylation sites is 1. The summed E-state index contributed by atoms with van der Waals surface area (Å²) in [5.41, 5.74) is 0.885. The van der Waals surface area contributed by atoms with Gasteiger partial charge in [0.1, 0.15) is 11.6 Å². The molecule has 0 atom stereocenters. The Kier molecular flexibility index (Phi) is 5.60. The van der Waals surface area contributed by atoms with Crippen molar-refractivity contribution in [2.24, 2.45) is 0 Å². The van der Waals surface area contributed by atoms with Gasteiger partial charge in [0, 0.05) is 10.5 Å². The van der Waals surface area contributed by atoms with Crippen LogP contribution in [0, 0.1) is 0 Å². The van der Waals surface area contributed by atoms with Gasteiger partial charge in [0.2, 0.25) is 0 Å². The molecule has 0 unspecified atom stereocenters. The molecule has 6 nitrogen and oxygen atoms in total. The molecule has 7 heteroatoms. The van der Waals surface area contributed by atoms with Crippen molar-refractivity contribution in [2.45, 2.75) is 26.4 Å². The fourth-order valence-electron chi connectivity index (χ4n) is 2.81. The van der Waals surface area contributed by atoms with Gasteiger partial charge in [-0.15, -0.1) is 0 Å². The lowest BCUT2D eigenvalue weighted by Crippen LogP contribution is -2.37. The minimum absolute atomic E-state index is 0.0904. The summed E-state index contributed by atoms with van der Waals surface area (Å²) in [6, 6.07) is 12.3. The van der Waals surface area contributed by atoms with E-state index in [1.54, 1.807) is 48.4 Å². The van der Waals surface area contributed by atoms with E-state index in [4.69, 9.17) is 4.74 Å². The van der Waals surface area contributed by atoms with Crippen LogP contribution in [0.25, 0.3) is 10.9 Å². The van der Waals surface area contributed by atoms with Crippen molar-refractivity contribution in [3.05, 3.63) is 68.7 Å². The van der Waals surface area contributed by atoms with Crippen molar-refractivity contribution >= 4 is 32.7 Å². The zero-order valence-corrected chi connectivity index (χ0v) is 16.9. The second kappa shape index (κ2) is 7.92. The molecular weight excluding hydrogens is 410 g/mol. The average Bonchev–Trinajstić information content (AvgIpc) is 2.66. The van der Waals surface area contributed by atoms with Gasteiger partial charge < -0.3 is 14.6 Å². The summed E-state index contributed by atoms with van der Waals surface area (Å²) in [5, 5.41) is 0.527. The number of H-pyrrole nitrogens is 1. The Hall–Kier alpha value is -2.67. The molecule has 3 rings (SSSR count). The Morgan fingerprint density at radius 2 is 2.00 bits per heavy atom. The topological polar surface area (TPSA) is 75.3 Å². The highest BCUT2D eigenvalue weighted by Gasteiger charge is 2.23. The Morgan fingerprint density at radius 1 is 1.26 bits per heavy atom. The highest BCUT2D eigenvalue weighted by Crippen LogP contribution is 2.25. The number of benzene rings is 2. The largest absolute Gasteiger partial charge is 0.497 e. The van der Waals surface area contributed by atoms with Crippen molar-refractivity contribution in [3.8, 4) is 5.75 Å². The molecule has 0 aliphatic rings. The lowest BCUT2D eigenvalue weighted by atomic mass is 10.1. The molecule has 0 radical (unpaired) electrons. The van der Waals surface area contributed by atoms with Gasteiger partial charge in [-0.3, -0.25) is 9.59 Å². The van der Waals surface area contributed by atoms with Gasteiger partial charge in [-0.25, -0.2) is 4.98 Å². The van der Waals surface area contributed by atoms with E-state index < -0.39 is 0 Å². The number of hydrogen-bond donors (Lipinski definition) is 1. The number of nitrogens with one attached hydrogen (secondary N) is 1. The van der Waals surface area contributed by atoms with Crippen LogP contribution in [0.5, 0.6) is 5.75 Å². The van der Waals surface area contributed by atoms with Gasteiger partial charge in [0.25, 0.3) is 11.5 Å². The second-order valence-corrected chi connectivity index (χ2v) is 7.26. The molecule has 0 aliphatic carbocycles. The number of ether oxygens (including phenoxy) is 1. The van der Waals surface area contributed by atoms with E-state index in [0.717, 1.165) is 0 Å². The number of aromatic nitrogens is 2. The Morgan fingerprint density at radius 3 is 2.70 bits per heavy atom. The third kappa shape index (κ3) is 4.03. The predicted octanol–water partition coefficient (Wildman–Crippen LogP) is 3.75. The van der Waals surface area contributed by atoms with E-state index in [9.17, 15) is 9.59 Å². The van der Waals surface area contributed by atoms with Crippen molar-refractivity contribution in [3.63, 3.8) is 0 Å². The molecule has 0 saturated heterocycles. The number of carbonyl (C=O) groups is 1. The summed E-state index contributed by atoms with van der Waals surface area (Å²) in [6.07, 6.45) is 0. The smallest absolute Gasteiger partial charge is 0.258 e. The fourth-order valence-corrected chi connectivity index (χ4v) is 3.23. The molecule has 3 aromatic rings. The van der Waals surface area contributed by atoms with Crippen LogP contribution in [0.1, 0.15) is 30.0 Å². The zero-order valence-electron chi connectivity index (χ0n) is 15.3. The first-order valence-electron chi connectivity index (χ1n) is 8.53. The summed E-state index contributed by atoms with van der Waals surface area (Å²) in [7, 11) is 1.56. The Bertz CT molecular complexity index is 1050. The molecule has 27 heavy (non-hydrogen) atoms. The maximum atomic E-state index is 13.1. The van der Waals surface area contributed by atoms with Crippen LogP contribution in [-0.2, 0) is 6.54 Å². The van der Waals surface area contributed by atoms with Crippen molar-refractivity contribution in [1.82, 2.24) is 14.9 Å². The predicted molar refractivity (Wildman–Crippen MR) is 108 cm³/mol. The molecule has 1 N–H and O–H groups in total. The van der Waals surface area contributed by atoms with Crippen LogP contribution >= 0.6 is 15.9 Å². The molecule has 0 bridgehead atoms. The van der Waals surface area contributed by atoms with E-state index >= 15 is 0 Å². The zero-order chi connectivity index (χ0) is 19.6. The van der Waals surface area contributed by atoms with E-state index in [1.165, 1.54) is 0 Å². The van der Waals surface area contributed by atoms with Crippen LogP contribution < -0.4 is 10.3 Å². The third-order valence-corrected chi connectivity index (χ3v) is 4.96. The molecule has 1 heterocycles. The number of halogens is 1. The number of methoxy groups -OCH3 is 1. The van der Waals surface area contributed by atoms with Crippen molar-refractivity contribution < 1.29 is 9.53 Å². The minimum atomic E-state index is -0.214. The van der Waals surface area contributed by atoms with Gasteiger partial charge in [0.05, 0.1) is 30.1 Å². The number of nitrogens with zero attached hydrogens (tertiary/aromatic N) is 2. The quantitative estimate of drug-likeness (QED) is 0.669. The normalized spacial score (nSPS) is 11.0. The Labute approximate surface area is 165 Å². The van der Waals surface area contributed by atoms with Crippen LogP contribution in [0.4, 0.5) is 0 Å². The lowest BCUT2D eigenvalue weighted by Gasteiger charge is -2.27. The first-order valence-corrected chi connectivity index (χ1v) is 9.32. The number of aromatic amines is 1.